The Morgan fingerprint density at radius 1 is 1.47 bits per heavy atom. The predicted octanol–water partition coefficient (Wildman–Crippen LogP) is 0.476. The summed E-state index contributed by atoms with van der Waals surface area (Å²) in [4.78, 5) is 13.7. The van der Waals surface area contributed by atoms with Gasteiger partial charge in [0.15, 0.2) is 0 Å². The van der Waals surface area contributed by atoms with Crippen molar-refractivity contribution in [1.82, 2.24) is 10.2 Å². The number of carbonyl (C=O) groups is 1. The van der Waals surface area contributed by atoms with E-state index >= 15 is 0 Å². The Morgan fingerprint density at radius 2 is 2.32 bits per heavy atom. The van der Waals surface area contributed by atoms with Crippen molar-refractivity contribution in [3.8, 4) is 5.75 Å². The second-order valence-corrected chi connectivity index (χ2v) is 4.76. The van der Waals surface area contributed by atoms with Crippen LogP contribution in [0.3, 0.4) is 0 Å². The Labute approximate surface area is 113 Å². The highest BCUT2D eigenvalue weighted by Gasteiger charge is 2.15. The molecule has 5 nitrogen and oxygen atoms in total. The number of nitrogens with zero attached hydrogens (tertiary/aromatic N) is 1. The van der Waals surface area contributed by atoms with Gasteiger partial charge in [0.2, 0.25) is 5.91 Å². The van der Waals surface area contributed by atoms with Gasteiger partial charge in [0.1, 0.15) is 5.75 Å². The molecular weight excluding hydrogens is 242 g/mol. The summed E-state index contributed by atoms with van der Waals surface area (Å²) in [6.07, 6.45) is 0.990. The molecule has 0 saturated carbocycles. The van der Waals surface area contributed by atoms with Crippen molar-refractivity contribution in [1.29, 1.82) is 0 Å². The molecule has 0 spiro atoms. The van der Waals surface area contributed by atoms with Crippen LogP contribution in [0.1, 0.15) is 17.5 Å². The third kappa shape index (κ3) is 3.68. The molecule has 1 aromatic carbocycles. The first-order valence-corrected chi connectivity index (χ1v) is 6.58. The molecule has 0 aliphatic carbocycles. The van der Waals surface area contributed by atoms with Crippen LogP contribution < -0.4 is 15.8 Å². The summed E-state index contributed by atoms with van der Waals surface area (Å²) < 4.78 is 5.33. The van der Waals surface area contributed by atoms with Crippen LogP contribution in [0.4, 0.5) is 0 Å². The number of nitrogens with one attached hydrogen (secondary N) is 1. The minimum Gasteiger partial charge on any atom is -0.496 e. The van der Waals surface area contributed by atoms with Gasteiger partial charge in [0.25, 0.3) is 0 Å². The van der Waals surface area contributed by atoms with Crippen molar-refractivity contribution in [2.45, 2.75) is 19.5 Å². The van der Waals surface area contributed by atoms with Crippen molar-refractivity contribution >= 4 is 5.91 Å². The molecule has 1 saturated heterocycles. The van der Waals surface area contributed by atoms with Gasteiger partial charge in [-0.25, -0.2) is 0 Å². The fraction of sp³-hybridized carbons (Fsp3) is 0.500. The number of hydrogen-bond acceptors (Lipinski definition) is 4. The van der Waals surface area contributed by atoms with Crippen LogP contribution in [0.2, 0.25) is 0 Å². The zero-order chi connectivity index (χ0) is 13.7. The van der Waals surface area contributed by atoms with Gasteiger partial charge in [0, 0.05) is 31.7 Å². The molecule has 1 amide bonds. The van der Waals surface area contributed by atoms with Crippen LogP contribution in [0.5, 0.6) is 5.75 Å². The van der Waals surface area contributed by atoms with Crippen molar-refractivity contribution in [2.75, 3.05) is 26.7 Å². The number of benzene rings is 1. The first-order valence-electron chi connectivity index (χ1n) is 6.58. The molecule has 104 valence electrons. The average molecular weight is 263 g/mol. The normalized spacial score (nSPS) is 16.8. The molecule has 1 aromatic rings. The Bertz CT molecular complexity index is 448. The van der Waals surface area contributed by atoms with Crippen LogP contribution >= 0.6 is 0 Å². The van der Waals surface area contributed by atoms with E-state index in [1.165, 1.54) is 0 Å². The molecule has 1 fully saturated rings. The Hall–Kier alpha value is -1.59. The zero-order valence-electron chi connectivity index (χ0n) is 11.3. The van der Waals surface area contributed by atoms with Gasteiger partial charge < -0.3 is 15.8 Å². The predicted molar refractivity (Wildman–Crippen MR) is 73.8 cm³/mol. The fourth-order valence-electron chi connectivity index (χ4n) is 2.32. The molecule has 1 aliphatic rings. The molecule has 0 aromatic heterocycles. The maximum absolute atomic E-state index is 11.5. The third-order valence-corrected chi connectivity index (χ3v) is 3.32. The van der Waals surface area contributed by atoms with Crippen molar-refractivity contribution in [2.24, 2.45) is 5.73 Å². The lowest BCUT2D eigenvalue weighted by Crippen LogP contribution is -2.32. The lowest BCUT2D eigenvalue weighted by Gasteiger charge is -2.19. The summed E-state index contributed by atoms with van der Waals surface area (Å²) in [6, 6.07) is 6.05. The van der Waals surface area contributed by atoms with Crippen LogP contribution in [0.25, 0.3) is 0 Å². The van der Waals surface area contributed by atoms with E-state index in [9.17, 15) is 4.79 Å². The maximum Gasteiger partial charge on any atom is 0.234 e. The molecule has 0 radical (unpaired) electrons. The van der Waals surface area contributed by atoms with Gasteiger partial charge in [-0.1, -0.05) is 12.1 Å². The smallest absolute Gasteiger partial charge is 0.234 e. The van der Waals surface area contributed by atoms with E-state index in [0.29, 0.717) is 13.1 Å². The number of carbonyl (C=O) groups excluding carboxylic acids is 1. The SMILES string of the molecule is COc1cc(CN2CCCNC(=O)C2)ccc1CN. The molecule has 2 rings (SSSR count). The van der Waals surface area contributed by atoms with Gasteiger partial charge >= 0.3 is 0 Å². The highest BCUT2D eigenvalue weighted by molar-refractivity contribution is 5.78. The summed E-state index contributed by atoms with van der Waals surface area (Å²) >= 11 is 0. The monoisotopic (exact) mass is 263 g/mol. The molecule has 0 bridgehead atoms. The number of hydrogen-bond donors (Lipinski definition) is 2. The van der Waals surface area contributed by atoms with Crippen molar-refractivity contribution in [3.05, 3.63) is 29.3 Å². The van der Waals surface area contributed by atoms with Crippen LogP contribution in [0, 0.1) is 0 Å². The standard InChI is InChI=1S/C14H21N3O2/c1-19-13-7-11(3-4-12(13)8-15)9-17-6-2-5-16-14(18)10-17/h3-4,7H,2,5-6,8-10,15H2,1H3,(H,16,18). The summed E-state index contributed by atoms with van der Waals surface area (Å²) in [5, 5.41) is 2.88. The summed E-state index contributed by atoms with van der Waals surface area (Å²) in [6.45, 7) is 3.38. The number of rotatable bonds is 4. The summed E-state index contributed by atoms with van der Waals surface area (Å²) in [5.74, 6) is 0.919. The second-order valence-electron chi connectivity index (χ2n) is 4.76. The fourth-order valence-corrected chi connectivity index (χ4v) is 2.32. The van der Waals surface area contributed by atoms with Gasteiger partial charge in [-0.3, -0.25) is 9.69 Å². The maximum atomic E-state index is 11.5. The van der Waals surface area contributed by atoms with Crippen molar-refractivity contribution < 1.29 is 9.53 Å². The molecule has 1 heterocycles. The first-order chi connectivity index (χ1) is 9.22. The molecule has 0 unspecified atom stereocenters. The van der Waals surface area contributed by atoms with E-state index < -0.39 is 0 Å². The molecule has 3 N–H and O–H groups in total. The van der Waals surface area contributed by atoms with E-state index in [1.54, 1.807) is 7.11 Å². The lowest BCUT2D eigenvalue weighted by atomic mass is 10.1. The molecule has 0 atom stereocenters. The molecular formula is C14H21N3O2. The van der Waals surface area contributed by atoms with Crippen molar-refractivity contribution in [3.63, 3.8) is 0 Å². The topological polar surface area (TPSA) is 67.6 Å². The Balaban J connectivity index is 2.07. The number of amides is 1. The minimum atomic E-state index is 0.100. The average Bonchev–Trinajstić information content (AvgIpc) is 2.63. The summed E-state index contributed by atoms with van der Waals surface area (Å²) in [7, 11) is 1.65. The van der Waals surface area contributed by atoms with E-state index in [0.717, 1.165) is 42.9 Å². The lowest BCUT2D eigenvalue weighted by molar-refractivity contribution is -0.121. The van der Waals surface area contributed by atoms with Crippen LogP contribution in [-0.4, -0.2) is 37.6 Å². The second kappa shape index (κ2) is 6.54. The van der Waals surface area contributed by atoms with Crippen LogP contribution in [-0.2, 0) is 17.9 Å². The van der Waals surface area contributed by atoms with E-state index in [-0.39, 0.29) is 5.91 Å². The van der Waals surface area contributed by atoms with E-state index in [1.807, 2.05) is 18.2 Å². The van der Waals surface area contributed by atoms with Crippen LogP contribution in [0.15, 0.2) is 18.2 Å². The molecule has 19 heavy (non-hydrogen) atoms. The van der Waals surface area contributed by atoms with E-state index in [4.69, 9.17) is 10.5 Å². The molecule has 1 aliphatic heterocycles. The zero-order valence-corrected chi connectivity index (χ0v) is 11.3. The quantitative estimate of drug-likeness (QED) is 0.829. The van der Waals surface area contributed by atoms with Gasteiger partial charge in [-0.05, 0) is 18.1 Å². The highest BCUT2D eigenvalue weighted by Crippen LogP contribution is 2.20. The summed E-state index contributed by atoms with van der Waals surface area (Å²) in [5.41, 5.74) is 7.80. The van der Waals surface area contributed by atoms with Gasteiger partial charge in [-0.15, -0.1) is 0 Å². The molecule has 5 heteroatoms. The number of nitrogens with two attached hydrogens (primary N) is 1. The minimum absolute atomic E-state index is 0.100. The first kappa shape index (κ1) is 13.8. The Morgan fingerprint density at radius 3 is 3.05 bits per heavy atom. The highest BCUT2D eigenvalue weighted by atomic mass is 16.5. The van der Waals surface area contributed by atoms with Gasteiger partial charge in [0.05, 0.1) is 13.7 Å². The van der Waals surface area contributed by atoms with E-state index in [2.05, 4.69) is 10.2 Å². The third-order valence-electron chi connectivity index (χ3n) is 3.32. The Kier molecular flexibility index (Phi) is 4.76. The number of ether oxygens (including phenoxy) is 1. The van der Waals surface area contributed by atoms with Gasteiger partial charge in [-0.2, -0.15) is 0 Å². The largest absolute Gasteiger partial charge is 0.496 e. The number of methoxy groups -OCH3 is 1.